The normalized spacial score (nSPS) is 24.9. The molecule has 0 aromatic carbocycles. The van der Waals surface area contributed by atoms with Crippen LogP contribution in [-0.4, -0.2) is 34.7 Å². The van der Waals surface area contributed by atoms with Crippen LogP contribution >= 0.6 is 11.3 Å². The Morgan fingerprint density at radius 2 is 1.95 bits per heavy atom. The fourth-order valence-electron chi connectivity index (χ4n) is 4.01. The van der Waals surface area contributed by atoms with Crippen molar-refractivity contribution in [2.45, 2.75) is 63.0 Å². The standard InChI is InChI=1S/C16H25NOS/c18-15(8-7-14-6-5-13-19-14)16(9-1-2-10-16)17-11-3-4-12-17/h5-6,13,15,18H,1-4,7-12H2. The molecule has 1 aromatic rings. The molecule has 2 heterocycles. The van der Waals surface area contributed by atoms with Crippen LogP contribution in [0.5, 0.6) is 0 Å². The van der Waals surface area contributed by atoms with E-state index in [1.165, 1.54) is 56.5 Å². The van der Waals surface area contributed by atoms with Gasteiger partial charge in [-0.15, -0.1) is 11.3 Å². The van der Waals surface area contributed by atoms with E-state index in [0.29, 0.717) is 0 Å². The Kier molecular flexibility index (Phi) is 4.25. The number of nitrogens with zero attached hydrogens (tertiary/aromatic N) is 1. The Hall–Kier alpha value is -0.380. The lowest BCUT2D eigenvalue weighted by Crippen LogP contribution is -2.54. The number of thiophene rings is 1. The van der Waals surface area contributed by atoms with Crippen molar-refractivity contribution in [2.75, 3.05) is 13.1 Å². The second-order valence-electron chi connectivity index (χ2n) is 6.14. The molecule has 3 heteroatoms. The number of likely N-dealkylation sites (tertiary alicyclic amines) is 1. The van der Waals surface area contributed by atoms with Crippen molar-refractivity contribution in [3.05, 3.63) is 22.4 Å². The maximum Gasteiger partial charge on any atom is 0.0727 e. The molecular weight excluding hydrogens is 254 g/mol. The molecule has 0 radical (unpaired) electrons. The number of hydrogen-bond donors (Lipinski definition) is 1. The van der Waals surface area contributed by atoms with Gasteiger partial charge in [0.2, 0.25) is 0 Å². The van der Waals surface area contributed by atoms with Crippen molar-refractivity contribution < 1.29 is 5.11 Å². The number of aryl methyl sites for hydroxylation is 1. The third kappa shape index (κ3) is 2.74. The summed E-state index contributed by atoms with van der Waals surface area (Å²) in [5.41, 5.74) is 0.119. The van der Waals surface area contributed by atoms with Crippen LogP contribution in [0.15, 0.2) is 17.5 Å². The largest absolute Gasteiger partial charge is 0.391 e. The van der Waals surface area contributed by atoms with E-state index in [-0.39, 0.29) is 11.6 Å². The average molecular weight is 279 g/mol. The second-order valence-corrected chi connectivity index (χ2v) is 7.17. The van der Waals surface area contributed by atoms with Crippen molar-refractivity contribution in [3.8, 4) is 0 Å². The Morgan fingerprint density at radius 1 is 1.21 bits per heavy atom. The highest BCUT2D eigenvalue weighted by molar-refractivity contribution is 7.09. The molecule has 1 unspecified atom stereocenters. The summed E-state index contributed by atoms with van der Waals surface area (Å²) >= 11 is 1.81. The summed E-state index contributed by atoms with van der Waals surface area (Å²) in [4.78, 5) is 4.02. The Labute approximate surface area is 120 Å². The first-order chi connectivity index (χ1) is 9.31. The van der Waals surface area contributed by atoms with Gasteiger partial charge in [0.05, 0.1) is 6.10 Å². The summed E-state index contributed by atoms with van der Waals surface area (Å²) < 4.78 is 0. The van der Waals surface area contributed by atoms with Gasteiger partial charge in [-0.3, -0.25) is 4.90 Å². The molecule has 2 aliphatic rings. The molecule has 1 aliphatic heterocycles. The summed E-state index contributed by atoms with van der Waals surface area (Å²) in [5.74, 6) is 0. The molecule has 1 aliphatic carbocycles. The fourth-order valence-corrected chi connectivity index (χ4v) is 4.74. The number of aliphatic hydroxyl groups excluding tert-OH is 1. The first-order valence-electron chi connectivity index (χ1n) is 7.77. The highest BCUT2D eigenvalue weighted by Gasteiger charge is 2.45. The maximum atomic E-state index is 10.8. The first-order valence-corrected chi connectivity index (χ1v) is 8.65. The van der Waals surface area contributed by atoms with Crippen LogP contribution in [-0.2, 0) is 6.42 Å². The molecule has 2 nitrogen and oxygen atoms in total. The smallest absolute Gasteiger partial charge is 0.0727 e. The van der Waals surface area contributed by atoms with E-state index < -0.39 is 0 Å². The minimum absolute atomic E-state index is 0.119. The van der Waals surface area contributed by atoms with E-state index in [0.717, 1.165) is 12.8 Å². The van der Waals surface area contributed by atoms with Crippen molar-refractivity contribution in [2.24, 2.45) is 0 Å². The molecule has 1 atom stereocenters. The minimum Gasteiger partial charge on any atom is -0.391 e. The van der Waals surface area contributed by atoms with E-state index >= 15 is 0 Å². The van der Waals surface area contributed by atoms with Gasteiger partial charge in [0.1, 0.15) is 0 Å². The van der Waals surface area contributed by atoms with Gasteiger partial charge in [0.15, 0.2) is 0 Å². The SMILES string of the molecule is OC(CCc1cccs1)C1(N2CCCC2)CCCC1. The van der Waals surface area contributed by atoms with Gasteiger partial charge in [-0.2, -0.15) is 0 Å². The van der Waals surface area contributed by atoms with Crippen molar-refractivity contribution in [1.82, 2.24) is 4.90 Å². The van der Waals surface area contributed by atoms with E-state index in [1.54, 1.807) is 0 Å². The number of rotatable bonds is 5. The molecule has 1 saturated carbocycles. The molecule has 0 spiro atoms. The van der Waals surface area contributed by atoms with Crippen LogP contribution in [0.1, 0.15) is 49.8 Å². The van der Waals surface area contributed by atoms with Crippen LogP contribution in [0.4, 0.5) is 0 Å². The van der Waals surface area contributed by atoms with E-state index in [9.17, 15) is 5.11 Å². The van der Waals surface area contributed by atoms with Gasteiger partial charge >= 0.3 is 0 Å². The Bertz CT molecular complexity index is 377. The predicted octanol–water partition coefficient (Wildman–Crippen LogP) is 3.45. The van der Waals surface area contributed by atoms with Crippen molar-refractivity contribution >= 4 is 11.3 Å². The zero-order valence-corrected chi connectivity index (χ0v) is 12.5. The molecule has 2 fully saturated rings. The van der Waals surface area contributed by atoms with Crippen LogP contribution in [0.25, 0.3) is 0 Å². The summed E-state index contributed by atoms with van der Waals surface area (Å²) in [6, 6.07) is 4.30. The minimum atomic E-state index is -0.143. The Morgan fingerprint density at radius 3 is 2.58 bits per heavy atom. The molecule has 0 bridgehead atoms. The van der Waals surface area contributed by atoms with E-state index in [2.05, 4.69) is 22.4 Å². The Balaban J connectivity index is 1.65. The third-order valence-electron chi connectivity index (χ3n) is 5.07. The molecule has 0 amide bonds. The number of aliphatic hydroxyl groups is 1. The van der Waals surface area contributed by atoms with Crippen LogP contribution in [0, 0.1) is 0 Å². The summed E-state index contributed by atoms with van der Waals surface area (Å²) in [6.45, 7) is 2.41. The second kappa shape index (κ2) is 5.94. The monoisotopic (exact) mass is 279 g/mol. The summed E-state index contributed by atoms with van der Waals surface area (Å²) in [6.07, 6.45) is 9.47. The zero-order valence-electron chi connectivity index (χ0n) is 11.7. The van der Waals surface area contributed by atoms with Crippen LogP contribution in [0.3, 0.4) is 0 Å². The predicted molar refractivity (Wildman–Crippen MR) is 80.7 cm³/mol. The molecular formula is C16H25NOS. The molecule has 19 heavy (non-hydrogen) atoms. The molecule has 3 rings (SSSR count). The quantitative estimate of drug-likeness (QED) is 0.892. The van der Waals surface area contributed by atoms with Crippen LogP contribution < -0.4 is 0 Å². The van der Waals surface area contributed by atoms with Crippen LogP contribution in [0.2, 0.25) is 0 Å². The highest BCUT2D eigenvalue weighted by Crippen LogP contribution is 2.41. The zero-order chi connectivity index (χ0) is 13.1. The maximum absolute atomic E-state index is 10.8. The molecule has 1 saturated heterocycles. The van der Waals surface area contributed by atoms with Gasteiger partial charge in [0, 0.05) is 10.4 Å². The average Bonchev–Trinajstić information content (AvgIpc) is 3.15. The van der Waals surface area contributed by atoms with Gasteiger partial charge in [-0.25, -0.2) is 0 Å². The van der Waals surface area contributed by atoms with Crippen molar-refractivity contribution in [1.29, 1.82) is 0 Å². The van der Waals surface area contributed by atoms with Gasteiger partial charge in [0.25, 0.3) is 0 Å². The van der Waals surface area contributed by atoms with E-state index in [4.69, 9.17) is 0 Å². The van der Waals surface area contributed by atoms with Gasteiger partial charge in [-0.05, 0) is 63.1 Å². The third-order valence-corrected chi connectivity index (χ3v) is 6.01. The molecule has 1 N–H and O–H groups in total. The summed E-state index contributed by atoms with van der Waals surface area (Å²) in [5, 5.41) is 13.0. The highest BCUT2D eigenvalue weighted by atomic mass is 32.1. The lowest BCUT2D eigenvalue weighted by atomic mass is 9.85. The number of hydrogen-bond acceptors (Lipinski definition) is 3. The fraction of sp³-hybridized carbons (Fsp3) is 0.750. The van der Waals surface area contributed by atoms with Gasteiger partial charge in [-0.1, -0.05) is 18.9 Å². The van der Waals surface area contributed by atoms with Gasteiger partial charge < -0.3 is 5.11 Å². The molecule has 106 valence electrons. The lowest BCUT2D eigenvalue weighted by molar-refractivity contribution is -0.0216. The van der Waals surface area contributed by atoms with Crippen molar-refractivity contribution in [3.63, 3.8) is 0 Å². The first kappa shape index (κ1) is 13.6. The lowest BCUT2D eigenvalue weighted by Gasteiger charge is -2.42. The topological polar surface area (TPSA) is 23.5 Å². The van der Waals surface area contributed by atoms with E-state index in [1.807, 2.05) is 11.3 Å². The summed E-state index contributed by atoms with van der Waals surface area (Å²) in [7, 11) is 0. The molecule has 1 aromatic heterocycles.